The summed E-state index contributed by atoms with van der Waals surface area (Å²) in [6, 6.07) is 8.41. The van der Waals surface area contributed by atoms with E-state index in [9.17, 15) is 0 Å². The molecule has 3 heteroatoms. The van der Waals surface area contributed by atoms with Crippen LogP contribution in [0.3, 0.4) is 0 Å². The zero-order valence-electron chi connectivity index (χ0n) is 10.7. The summed E-state index contributed by atoms with van der Waals surface area (Å²) in [5, 5.41) is 1.06. The standard InChI is InChI=1S/C14H18N2S/c1-9-6-5-7-11(8-9)13-16-10(2)12(17-13)14(3,4)15/h5-8H,15H2,1-4H3. The first-order valence-corrected chi connectivity index (χ1v) is 6.53. The van der Waals surface area contributed by atoms with E-state index in [0.717, 1.165) is 15.6 Å². The highest BCUT2D eigenvalue weighted by molar-refractivity contribution is 7.15. The van der Waals surface area contributed by atoms with E-state index in [2.05, 4.69) is 36.2 Å². The number of hydrogen-bond donors (Lipinski definition) is 1. The summed E-state index contributed by atoms with van der Waals surface area (Å²) in [5.74, 6) is 0. The van der Waals surface area contributed by atoms with Crippen LogP contribution in [0.2, 0.25) is 0 Å². The Morgan fingerprint density at radius 1 is 1.24 bits per heavy atom. The molecule has 0 radical (unpaired) electrons. The Labute approximate surface area is 107 Å². The van der Waals surface area contributed by atoms with Gasteiger partial charge in [0.2, 0.25) is 0 Å². The molecule has 90 valence electrons. The highest BCUT2D eigenvalue weighted by Gasteiger charge is 2.21. The van der Waals surface area contributed by atoms with Gasteiger partial charge in [0.25, 0.3) is 0 Å². The number of aromatic nitrogens is 1. The van der Waals surface area contributed by atoms with Crippen molar-refractivity contribution in [3.05, 3.63) is 40.4 Å². The summed E-state index contributed by atoms with van der Waals surface area (Å²) < 4.78 is 0. The van der Waals surface area contributed by atoms with Crippen molar-refractivity contribution in [2.45, 2.75) is 33.2 Å². The van der Waals surface area contributed by atoms with Crippen molar-refractivity contribution in [3.63, 3.8) is 0 Å². The molecule has 2 aromatic rings. The van der Waals surface area contributed by atoms with E-state index in [0.29, 0.717) is 0 Å². The Morgan fingerprint density at radius 3 is 2.47 bits per heavy atom. The maximum absolute atomic E-state index is 6.15. The molecule has 0 bridgehead atoms. The van der Waals surface area contributed by atoms with Crippen LogP contribution < -0.4 is 5.73 Å². The van der Waals surface area contributed by atoms with Crippen molar-refractivity contribution in [2.24, 2.45) is 5.73 Å². The Morgan fingerprint density at radius 2 is 1.94 bits per heavy atom. The second-order valence-electron chi connectivity index (χ2n) is 5.02. The molecule has 0 atom stereocenters. The molecule has 0 saturated carbocycles. The predicted octanol–water partition coefficient (Wildman–Crippen LogP) is 3.62. The Bertz CT molecular complexity index is 535. The topological polar surface area (TPSA) is 38.9 Å². The third-order valence-corrected chi connectivity index (χ3v) is 4.19. The monoisotopic (exact) mass is 246 g/mol. The van der Waals surface area contributed by atoms with E-state index < -0.39 is 0 Å². The SMILES string of the molecule is Cc1cccc(-c2nc(C)c(C(C)(C)N)s2)c1. The maximum atomic E-state index is 6.15. The molecule has 2 nitrogen and oxygen atoms in total. The lowest BCUT2D eigenvalue weighted by Crippen LogP contribution is -2.28. The fraction of sp³-hybridized carbons (Fsp3) is 0.357. The van der Waals surface area contributed by atoms with Crippen LogP contribution in [0.5, 0.6) is 0 Å². The van der Waals surface area contributed by atoms with Crippen LogP contribution in [-0.4, -0.2) is 4.98 Å². The van der Waals surface area contributed by atoms with Gasteiger partial charge in [0.15, 0.2) is 0 Å². The first-order valence-electron chi connectivity index (χ1n) is 5.72. The van der Waals surface area contributed by atoms with Gasteiger partial charge in [0.05, 0.1) is 5.69 Å². The third-order valence-electron chi connectivity index (χ3n) is 2.65. The van der Waals surface area contributed by atoms with Crippen LogP contribution in [0.4, 0.5) is 0 Å². The maximum Gasteiger partial charge on any atom is 0.123 e. The number of rotatable bonds is 2. The van der Waals surface area contributed by atoms with Gasteiger partial charge in [-0.3, -0.25) is 0 Å². The minimum atomic E-state index is -0.316. The number of aryl methyl sites for hydroxylation is 2. The van der Waals surface area contributed by atoms with Crippen LogP contribution in [-0.2, 0) is 5.54 Å². The van der Waals surface area contributed by atoms with Crippen LogP contribution in [0, 0.1) is 13.8 Å². The summed E-state index contributed by atoms with van der Waals surface area (Å²) in [7, 11) is 0. The van der Waals surface area contributed by atoms with E-state index in [1.54, 1.807) is 11.3 Å². The number of thiazole rings is 1. The smallest absolute Gasteiger partial charge is 0.123 e. The van der Waals surface area contributed by atoms with Gasteiger partial charge in [-0.15, -0.1) is 11.3 Å². The van der Waals surface area contributed by atoms with Crippen LogP contribution >= 0.6 is 11.3 Å². The largest absolute Gasteiger partial charge is 0.321 e. The molecule has 2 N–H and O–H groups in total. The molecule has 0 aliphatic heterocycles. The minimum Gasteiger partial charge on any atom is -0.321 e. The van der Waals surface area contributed by atoms with E-state index in [1.807, 2.05) is 20.8 Å². The van der Waals surface area contributed by atoms with Crippen LogP contribution in [0.1, 0.15) is 30.0 Å². The molecule has 0 aliphatic rings. The summed E-state index contributed by atoms with van der Waals surface area (Å²) in [6.45, 7) is 8.17. The quantitative estimate of drug-likeness (QED) is 0.879. The molecule has 1 heterocycles. The number of nitrogens with two attached hydrogens (primary N) is 1. The highest BCUT2D eigenvalue weighted by atomic mass is 32.1. The highest BCUT2D eigenvalue weighted by Crippen LogP contribution is 2.33. The normalized spacial score (nSPS) is 11.8. The Kier molecular flexibility index (Phi) is 3.06. The second-order valence-corrected chi connectivity index (χ2v) is 6.02. The van der Waals surface area contributed by atoms with Crippen molar-refractivity contribution in [2.75, 3.05) is 0 Å². The Balaban J connectivity index is 2.49. The predicted molar refractivity (Wildman–Crippen MR) is 74.2 cm³/mol. The summed E-state index contributed by atoms with van der Waals surface area (Å²) in [6.07, 6.45) is 0. The molecule has 2 rings (SSSR count). The van der Waals surface area contributed by atoms with Gasteiger partial charge in [0.1, 0.15) is 5.01 Å². The number of nitrogens with zero attached hydrogens (tertiary/aromatic N) is 1. The van der Waals surface area contributed by atoms with E-state index in [4.69, 9.17) is 5.73 Å². The van der Waals surface area contributed by atoms with Crippen LogP contribution in [0.25, 0.3) is 10.6 Å². The van der Waals surface area contributed by atoms with Crippen molar-refractivity contribution in [1.82, 2.24) is 4.98 Å². The van der Waals surface area contributed by atoms with Gasteiger partial charge in [-0.1, -0.05) is 23.8 Å². The van der Waals surface area contributed by atoms with Gasteiger partial charge in [-0.2, -0.15) is 0 Å². The molecular weight excluding hydrogens is 228 g/mol. The van der Waals surface area contributed by atoms with Crippen molar-refractivity contribution >= 4 is 11.3 Å². The molecule has 0 aliphatic carbocycles. The first kappa shape index (κ1) is 12.3. The van der Waals surface area contributed by atoms with Gasteiger partial charge >= 0.3 is 0 Å². The molecule has 0 saturated heterocycles. The van der Waals surface area contributed by atoms with E-state index in [1.165, 1.54) is 11.1 Å². The second kappa shape index (κ2) is 4.24. The number of benzene rings is 1. The molecule has 17 heavy (non-hydrogen) atoms. The zero-order chi connectivity index (χ0) is 12.6. The van der Waals surface area contributed by atoms with E-state index >= 15 is 0 Å². The third kappa shape index (κ3) is 2.56. The fourth-order valence-electron chi connectivity index (χ4n) is 1.90. The summed E-state index contributed by atoms with van der Waals surface area (Å²) in [5.41, 5.74) is 9.30. The summed E-state index contributed by atoms with van der Waals surface area (Å²) in [4.78, 5) is 5.79. The average Bonchev–Trinajstić information content (AvgIpc) is 2.60. The van der Waals surface area contributed by atoms with Crippen LogP contribution in [0.15, 0.2) is 24.3 Å². The average molecular weight is 246 g/mol. The van der Waals surface area contributed by atoms with Crippen molar-refractivity contribution in [3.8, 4) is 10.6 Å². The minimum absolute atomic E-state index is 0.316. The molecule has 1 aromatic heterocycles. The molecule has 1 aromatic carbocycles. The molecule has 0 amide bonds. The molecule has 0 unspecified atom stereocenters. The molecule has 0 fully saturated rings. The fourth-order valence-corrected chi connectivity index (χ4v) is 2.97. The van der Waals surface area contributed by atoms with Gasteiger partial charge < -0.3 is 5.73 Å². The van der Waals surface area contributed by atoms with Gasteiger partial charge in [0, 0.05) is 16.0 Å². The summed E-state index contributed by atoms with van der Waals surface area (Å²) >= 11 is 1.69. The van der Waals surface area contributed by atoms with Gasteiger partial charge in [-0.05, 0) is 33.8 Å². The Hall–Kier alpha value is -1.19. The van der Waals surface area contributed by atoms with Crippen molar-refractivity contribution < 1.29 is 0 Å². The van der Waals surface area contributed by atoms with Gasteiger partial charge in [-0.25, -0.2) is 4.98 Å². The molecular formula is C14H18N2S. The van der Waals surface area contributed by atoms with E-state index in [-0.39, 0.29) is 5.54 Å². The first-order chi connectivity index (χ1) is 7.88. The lowest BCUT2D eigenvalue weighted by molar-refractivity contribution is 0.562. The lowest BCUT2D eigenvalue weighted by atomic mass is 10.0. The molecule has 0 spiro atoms. The van der Waals surface area contributed by atoms with Crippen molar-refractivity contribution in [1.29, 1.82) is 0 Å². The zero-order valence-corrected chi connectivity index (χ0v) is 11.6. The number of hydrogen-bond acceptors (Lipinski definition) is 3. The lowest BCUT2D eigenvalue weighted by Gasteiger charge is -2.16.